The molecule has 1 N–H and O–H groups in total. The molecule has 0 spiro atoms. The van der Waals surface area contributed by atoms with Crippen LogP contribution >= 0.6 is 0 Å². The Labute approximate surface area is 179 Å². The third-order valence-electron chi connectivity index (χ3n) is 5.60. The van der Waals surface area contributed by atoms with Crippen molar-refractivity contribution in [1.82, 2.24) is 24.6 Å². The van der Waals surface area contributed by atoms with Crippen molar-refractivity contribution in [3.63, 3.8) is 0 Å². The summed E-state index contributed by atoms with van der Waals surface area (Å²) < 4.78 is 1.91. The van der Waals surface area contributed by atoms with E-state index in [9.17, 15) is 9.90 Å². The van der Waals surface area contributed by atoms with Gasteiger partial charge < -0.3 is 10.0 Å². The average molecular weight is 414 g/mol. The van der Waals surface area contributed by atoms with Crippen LogP contribution < -0.4 is 4.90 Å². The summed E-state index contributed by atoms with van der Waals surface area (Å²) in [5.74, 6) is -0.0928. The van der Waals surface area contributed by atoms with Crippen molar-refractivity contribution in [3.8, 4) is 5.69 Å². The summed E-state index contributed by atoms with van der Waals surface area (Å²) in [6, 6.07) is 15.1. The first kappa shape index (κ1) is 19.2. The summed E-state index contributed by atoms with van der Waals surface area (Å²) in [6.45, 7) is 4.37. The van der Waals surface area contributed by atoms with Crippen LogP contribution in [0.25, 0.3) is 16.6 Å². The largest absolute Gasteiger partial charge is 0.478 e. The van der Waals surface area contributed by atoms with Gasteiger partial charge in [-0.15, -0.1) is 0 Å². The van der Waals surface area contributed by atoms with Crippen LogP contribution in [0.2, 0.25) is 0 Å². The summed E-state index contributed by atoms with van der Waals surface area (Å²) in [6.07, 6.45) is 5.52. The number of benzene rings is 2. The van der Waals surface area contributed by atoms with Gasteiger partial charge in [-0.2, -0.15) is 5.10 Å². The molecule has 1 saturated heterocycles. The second kappa shape index (κ2) is 8.16. The van der Waals surface area contributed by atoms with Crippen molar-refractivity contribution in [2.45, 2.75) is 6.54 Å². The molecule has 0 aliphatic carbocycles. The topological polar surface area (TPSA) is 87.4 Å². The van der Waals surface area contributed by atoms with E-state index in [-0.39, 0.29) is 5.56 Å². The van der Waals surface area contributed by atoms with E-state index >= 15 is 0 Å². The number of rotatable bonds is 5. The van der Waals surface area contributed by atoms with E-state index in [4.69, 9.17) is 0 Å². The van der Waals surface area contributed by atoms with Gasteiger partial charge >= 0.3 is 5.97 Å². The van der Waals surface area contributed by atoms with Gasteiger partial charge in [0.1, 0.15) is 12.1 Å². The Kier molecular flexibility index (Phi) is 5.05. The Bertz CT molecular complexity index is 1220. The van der Waals surface area contributed by atoms with Gasteiger partial charge in [-0.3, -0.25) is 4.90 Å². The van der Waals surface area contributed by atoms with Crippen molar-refractivity contribution in [2.24, 2.45) is 0 Å². The highest BCUT2D eigenvalue weighted by atomic mass is 16.4. The van der Waals surface area contributed by atoms with Crippen molar-refractivity contribution in [3.05, 3.63) is 78.4 Å². The smallest absolute Gasteiger partial charge is 0.335 e. The molecule has 0 saturated carbocycles. The van der Waals surface area contributed by atoms with Crippen LogP contribution in [0.1, 0.15) is 15.9 Å². The molecule has 2 aromatic carbocycles. The average Bonchev–Trinajstić information content (AvgIpc) is 3.28. The molecule has 3 heterocycles. The number of carboxylic acid groups (broad SMARTS) is 1. The van der Waals surface area contributed by atoms with E-state index in [1.807, 2.05) is 41.2 Å². The minimum atomic E-state index is -0.953. The molecule has 0 radical (unpaired) electrons. The number of carboxylic acids is 1. The Morgan fingerprint density at radius 3 is 2.58 bits per heavy atom. The van der Waals surface area contributed by atoms with E-state index in [1.54, 1.807) is 18.2 Å². The van der Waals surface area contributed by atoms with Crippen LogP contribution in [0.3, 0.4) is 0 Å². The summed E-state index contributed by atoms with van der Waals surface area (Å²) in [5.41, 5.74) is 3.13. The molecule has 4 aromatic rings. The maximum absolute atomic E-state index is 11.2. The number of piperazine rings is 1. The lowest BCUT2D eigenvalue weighted by Gasteiger charge is -2.35. The molecular formula is C23H22N6O2. The minimum Gasteiger partial charge on any atom is -0.478 e. The summed E-state index contributed by atoms with van der Waals surface area (Å²) in [7, 11) is 0. The first-order valence-corrected chi connectivity index (χ1v) is 10.2. The zero-order valence-corrected chi connectivity index (χ0v) is 16.9. The predicted octanol–water partition coefficient (Wildman–Crippen LogP) is 2.84. The van der Waals surface area contributed by atoms with Crippen LogP contribution in [0.5, 0.6) is 0 Å². The zero-order chi connectivity index (χ0) is 21.2. The number of anilines is 1. The Morgan fingerprint density at radius 1 is 1.00 bits per heavy atom. The van der Waals surface area contributed by atoms with Crippen LogP contribution in [0.4, 0.5) is 5.82 Å². The monoisotopic (exact) mass is 414 g/mol. The van der Waals surface area contributed by atoms with Crippen molar-refractivity contribution in [1.29, 1.82) is 0 Å². The van der Waals surface area contributed by atoms with Gasteiger partial charge in [0.05, 0.1) is 23.0 Å². The van der Waals surface area contributed by atoms with E-state index in [1.165, 1.54) is 11.9 Å². The fourth-order valence-corrected chi connectivity index (χ4v) is 3.97. The SMILES string of the molecule is O=C(O)c1ccc2c(N3CCN(Cc4cnn(-c5ccccc5)c4)CC3)ncnc2c1. The van der Waals surface area contributed by atoms with Gasteiger partial charge in [0.25, 0.3) is 0 Å². The van der Waals surface area contributed by atoms with Crippen molar-refractivity contribution < 1.29 is 9.90 Å². The molecule has 5 rings (SSSR count). The summed E-state index contributed by atoms with van der Waals surface area (Å²) in [4.78, 5) is 24.6. The Hall–Kier alpha value is -3.78. The van der Waals surface area contributed by atoms with E-state index < -0.39 is 5.97 Å². The number of fused-ring (bicyclic) bond motifs is 1. The molecule has 156 valence electrons. The van der Waals surface area contributed by atoms with Gasteiger partial charge in [-0.05, 0) is 30.3 Å². The van der Waals surface area contributed by atoms with Gasteiger partial charge in [0.15, 0.2) is 0 Å². The zero-order valence-electron chi connectivity index (χ0n) is 16.9. The molecule has 0 amide bonds. The van der Waals surface area contributed by atoms with Gasteiger partial charge in [0, 0.05) is 49.9 Å². The molecule has 31 heavy (non-hydrogen) atoms. The lowest BCUT2D eigenvalue weighted by Crippen LogP contribution is -2.46. The van der Waals surface area contributed by atoms with Crippen molar-refractivity contribution in [2.75, 3.05) is 31.1 Å². The number of hydrogen-bond donors (Lipinski definition) is 1. The second-order valence-electron chi connectivity index (χ2n) is 7.63. The van der Waals surface area contributed by atoms with Crippen LogP contribution in [0, 0.1) is 0 Å². The van der Waals surface area contributed by atoms with E-state index in [2.05, 4.69) is 31.1 Å². The molecule has 8 nitrogen and oxygen atoms in total. The number of nitrogens with zero attached hydrogens (tertiary/aromatic N) is 6. The number of hydrogen-bond acceptors (Lipinski definition) is 6. The first-order valence-electron chi connectivity index (χ1n) is 10.2. The summed E-state index contributed by atoms with van der Waals surface area (Å²) in [5, 5.41) is 14.6. The maximum Gasteiger partial charge on any atom is 0.335 e. The van der Waals surface area contributed by atoms with Crippen molar-refractivity contribution >= 4 is 22.7 Å². The Morgan fingerprint density at radius 2 is 1.81 bits per heavy atom. The number of carbonyl (C=O) groups is 1. The highest BCUT2D eigenvalue weighted by Crippen LogP contribution is 2.25. The molecular weight excluding hydrogens is 392 g/mol. The molecule has 1 fully saturated rings. The predicted molar refractivity (Wildman–Crippen MR) is 118 cm³/mol. The number of aromatic nitrogens is 4. The van der Waals surface area contributed by atoms with Gasteiger partial charge in [-0.25, -0.2) is 19.4 Å². The highest BCUT2D eigenvalue weighted by molar-refractivity contribution is 5.96. The fraction of sp³-hybridized carbons (Fsp3) is 0.217. The quantitative estimate of drug-likeness (QED) is 0.537. The van der Waals surface area contributed by atoms with Crippen LogP contribution in [-0.4, -0.2) is 61.9 Å². The summed E-state index contributed by atoms with van der Waals surface area (Å²) >= 11 is 0. The molecule has 0 atom stereocenters. The molecule has 0 unspecified atom stereocenters. The minimum absolute atomic E-state index is 0.234. The highest BCUT2D eigenvalue weighted by Gasteiger charge is 2.21. The van der Waals surface area contributed by atoms with Gasteiger partial charge in [0.2, 0.25) is 0 Å². The molecule has 1 aliphatic heterocycles. The van der Waals surface area contributed by atoms with Crippen LogP contribution in [-0.2, 0) is 6.54 Å². The third-order valence-corrected chi connectivity index (χ3v) is 5.60. The lowest BCUT2D eigenvalue weighted by atomic mass is 10.1. The molecule has 2 aromatic heterocycles. The molecule has 8 heteroatoms. The lowest BCUT2D eigenvalue weighted by molar-refractivity contribution is 0.0697. The standard InChI is InChI=1S/C23H22N6O2/c30-23(31)18-6-7-20-21(12-18)24-16-25-22(20)28-10-8-27(9-11-28)14-17-13-26-29(15-17)19-4-2-1-3-5-19/h1-7,12-13,15-16H,8-11,14H2,(H,30,31). The second-order valence-corrected chi connectivity index (χ2v) is 7.63. The molecule has 0 bridgehead atoms. The van der Waals surface area contributed by atoms with E-state index in [0.29, 0.717) is 5.52 Å². The number of para-hydroxylation sites is 1. The molecule has 1 aliphatic rings. The van der Waals surface area contributed by atoms with Gasteiger partial charge in [-0.1, -0.05) is 18.2 Å². The van der Waals surface area contributed by atoms with Crippen LogP contribution in [0.15, 0.2) is 67.3 Å². The van der Waals surface area contributed by atoms with E-state index in [0.717, 1.165) is 49.6 Å². The third kappa shape index (κ3) is 3.97. The Balaban J connectivity index is 1.26. The first-order chi connectivity index (χ1) is 15.2. The normalized spacial score (nSPS) is 14.8. The maximum atomic E-state index is 11.2. The number of aromatic carboxylic acids is 1. The fourth-order valence-electron chi connectivity index (χ4n) is 3.97.